The third kappa shape index (κ3) is 3.49. The van der Waals surface area contributed by atoms with Crippen LogP contribution in [0.5, 0.6) is 0 Å². The van der Waals surface area contributed by atoms with Crippen LogP contribution in [-0.2, 0) is 9.53 Å². The summed E-state index contributed by atoms with van der Waals surface area (Å²) >= 11 is 0. The van der Waals surface area contributed by atoms with E-state index in [-0.39, 0.29) is 30.0 Å². The Morgan fingerprint density at radius 3 is 2.38 bits per heavy atom. The normalized spacial score (nSPS) is 23.4. The monoisotopic (exact) mass is 438 g/mol. The van der Waals surface area contributed by atoms with Gasteiger partial charge in [0, 0.05) is 29.3 Å². The molecule has 2 fully saturated rings. The lowest BCUT2D eigenvalue weighted by atomic mass is 9.68. The number of halogens is 1. The van der Waals surface area contributed by atoms with E-state index in [1.54, 1.807) is 9.80 Å². The lowest BCUT2D eigenvalue weighted by Crippen LogP contribution is -2.59. The molecule has 2 aliphatic carbocycles. The molecule has 2 saturated carbocycles. The van der Waals surface area contributed by atoms with Crippen LogP contribution >= 0.6 is 0 Å². The van der Waals surface area contributed by atoms with Gasteiger partial charge in [-0.05, 0) is 61.6 Å². The van der Waals surface area contributed by atoms with Gasteiger partial charge in [-0.3, -0.25) is 9.69 Å². The summed E-state index contributed by atoms with van der Waals surface area (Å²) in [6.45, 7) is -0.681. The van der Waals surface area contributed by atoms with Gasteiger partial charge in [-0.2, -0.15) is 0 Å². The summed E-state index contributed by atoms with van der Waals surface area (Å²) in [4.78, 5) is 40.7. The first-order valence-corrected chi connectivity index (χ1v) is 10.8. The van der Waals surface area contributed by atoms with E-state index in [1.807, 2.05) is 24.3 Å². The zero-order valence-electron chi connectivity index (χ0n) is 17.3. The first kappa shape index (κ1) is 20.5. The predicted octanol–water partition coefficient (Wildman–Crippen LogP) is 3.99. The molecule has 32 heavy (non-hydrogen) atoms. The minimum absolute atomic E-state index is 0.00921. The minimum Gasteiger partial charge on any atom is -0.479 e. The molecule has 1 N–H and O–H groups in total. The fourth-order valence-corrected chi connectivity index (χ4v) is 4.95. The van der Waals surface area contributed by atoms with E-state index in [4.69, 9.17) is 9.84 Å². The number of carboxylic acids is 1. The zero-order chi connectivity index (χ0) is 22.4. The van der Waals surface area contributed by atoms with Crippen molar-refractivity contribution in [1.29, 1.82) is 0 Å². The number of amides is 2. The predicted molar refractivity (Wildman–Crippen MR) is 113 cm³/mol. The highest BCUT2D eigenvalue weighted by Gasteiger charge is 2.54. The Labute approximate surface area is 184 Å². The Balaban J connectivity index is 1.52. The number of hydrogen-bond acceptors (Lipinski definition) is 4. The summed E-state index contributed by atoms with van der Waals surface area (Å²) in [5.41, 5.74) is 1.98. The molecule has 0 unspecified atom stereocenters. The van der Waals surface area contributed by atoms with Crippen molar-refractivity contribution in [2.24, 2.45) is 5.92 Å². The van der Waals surface area contributed by atoms with Gasteiger partial charge in [0.05, 0.1) is 6.04 Å². The number of ether oxygens (including phenoxy) is 1. The molecule has 7 nitrogen and oxygen atoms in total. The zero-order valence-corrected chi connectivity index (χ0v) is 17.3. The molecule has 2 aromatic rings. The number of anilines is 1. The molecule has 1 aliphatic heterocycles. The van der Waals surface area contributed by atoms with Crippen LogP contribution in [0.3, 0.4) is 0 Å². The number of aliphatic carboxylic acids is 1. The van der Waals surface area contributed by atoms with Crippen LogP contribution in [0.2, 0.25) is 0 Å². The molecular formula is C24H23FN2O5. The summed E-state index contributed by atoms with van der Waals surface area (Å²) in [6.07, 6.45) is 2.70. The third-order valence-electron chi connectivity index (χ3n) is 6.62. The van der Waals surface area contributed by atoms with Crippen LogP contribution in [0.4, 0.5) is 14.9 Å². The number of carbonyl (C=O) groups excluding carboxylic acids is 2. The standard InChI is InChI=1S/C24H23FN2O5/c25-15-7-5-14(6-8-15)23(30)27-19-4-2-1-3-17(19)22(18-11-12-20(18)27)26(16-9-10-16)24(31)32-13-21(28)29/h1-8,16,18,20,22H,9-13H2,(H,28,29)/t18-,20+,22+/m1/s1. The van der Waals surface area contributed by atoms with E-state index in [0.717, 1.165) is 36.9 Å². The summed E-state index contributed by atoms with van der Waals surface area (Å²) in [5.74, 6) is -1.78. The number of nitrogens with zero attached hydrogens (tertiary/aromatic N) is 2. The Bertz CT molecular complexity index is 1070. The lowest BCUT2D eigenvalue weighted by Gasteiger charge is -2.55. The van der Waals surface area contributed by atoms with Gasteiger partial charge in [0.15, 0.2) is 6.61 Å². The Morgan fingerprint density at radius 1 is 1.03 bits per heavy atom. The van der Waals surface area contributed by atoms with Gasteiger partial charge in [-0.25, -0.2) is 14.0 Å². The maximum absolute atomic E-state index is 13.4. The molecule has 5 rings (SSSR count). The van der Waals surface area contributed by atoms with Gasteiger partial charge >= 0.3 is 12.1 Å². The number of rotatable bonds is 5. The number of fused-ring (bicyclic) bond motifs is 2. The first-order valence-electron chi connectivity index (χ1n) is 10.8. The van der Waals surface area contributed by atoms with Crippen LogP contribution in [0, 0.1) is 11.7 Å². The molecule has 3 aliphatic rings. The number of benzene rings is 2. The summed E-state index contributed by atoms with van der Waals surface area (Å²) in [5, 5.41) is 8.93. The first-order chi connectivity index (χ1) is 15.5. The number of carboxylic acid groups (broad SMARTS) is 1. The fourth-order valence-electron chi connectivity index (χ4n) is 4.95. The van der Waals surface area contributed by atoms with Crippen molar-refractivity contribution in [2.75, 3.05) is 11.5 Å². The van der Waals surface area contributed by atoms with Crippen LogP contribution < -0.4 is 4.90 Å². The molecule has 8 heteroatoms. The summed E-state index contributed by atoms with van der Waals surface area (Å²) < 4.78 is 18.4. The lowest BCUT2D eigenvalue weighted by molar-refractivity contribution is -0.140. The van der Waals surface area contributed by atoms with Gasteiger partial charge in [0.25, 0.3) is 5.91 Å². The van der Waals surface area contributed by atoms with Crippen LogP contribution in [0.25, 0.3) is 0 Å². The van der Waals surface area contributed by atoms with E-state index >= 15 is 0 Å². The van der Waals surface area contributed by atoms with Crippen molar-refractivity contribution >= 4 is 23.7 Å². The van der Waals surface area contributed by atoms with Crippen molar-refractivity contribution in [3.8, 4) is 0 Å². The fraction of sp³-hybridized carbons (Fsp3) is 0.375. The Morgan fingerprint density at radius 2 is 1.75 bits per heavy atom. The molecule has 1 heterocycles. The molecule has 0 spiro atoms. The molecule has 3 atom stereocenters. The van der Waals surface area contributed by atoms with Gasteiger partial charge in [-0.15, -0.1) is 0 Å². The van der Waals surface area contributed by atoms with Crippen molar-refractivity contribution in [3.63, 3.8) is 0 Å². The van der Waals surface area contributed by atoms with Gasteiger partial charge in [0.2, 0.25) is 0 Å². The van der Waals surface area contributed by atoms with Crippen LogP contribution in [0.1, 0.15) is 47.6 Å². The van der Waals surface area contributed by atoms with E-state index in [0.29, 0.717) is 5.56 Å². The van der Waals surface area contributed by atoms with E-state index in [9.17, 15) is 18.8 Å². The number of carbonyl (C=O) groups is 3. The Hall–Kier alpha value is -3.42. The second kappa shape index (κ2) is 7.93. The molecule has 0 bridgehead atoms. The van der Waals surface area contributed by atoms with Crippen molar-refractivity contribution in [2.45, 2.75) is 43.8 Å². The molecular weight excluding hydrogens is 415 g/mol. The van der Waals surface area contributed by atoms with Crippen LogP contribution in [0.15, 0.2) is 48.5 Å². The van der Waals surface area contributed by atoms with Crippen LogP contribution in [-0.4, -0.2) is 46.7 Å². The van der Waals surface area contributed by atoms with E-state index < -0.39 is 24.5 Å². The van der Waals surface area contributed by atoms with Gasteiger partial charge in [-0.1, -0.05) is 18.2 Å². The molecule has 2 amide bonds. The van der Waals surface area contributed by atoms with Gasteiger partial charge in [0.1, 0.15) is 5.82 Å². The third-order valence-corrected chi connectivity index (χ3v) is 6.62. The van der Waals surface area contributed by atoms with E-state index in [2.05, 4.69) is 0 Å². The quantitative estimate of drug-likeness (QED) is 0.763. The Kier molecular flexibility index (Phi) is 5.07. The number of para-hydroxylation sites is 1. The maximum atomic E-state index is 13.4. The highest BCUT2D eigenvalue weighted by Crippen LogP contribution is 2.54. The average molecular weight is 438 g/mol. The molecule has 0 radical (unpaired) electrons. The molecule has 166 valence electrons. The smallest absolute Gasteiger partial charge is 0.411 e. The van der Waals surface area contributed by atoms with E-state index in [1.165, 1.54) is 24.3 Å². The highest BCUT2D eigenvalue weighted by atomic mass is 19.1. The average Bonchev–Trinajstić information content (AvgIpc) is 3.59. The summed E-state index contributed by atoms with van der Waals surface area (Å²) in [6, 6.07) is 12.7. The molecule has 2 aromatic carbocycles. The molecule has 0 saturated heterocycles. The minimum atomic E-state index is -1.20. The SMILES string of the molecule is O=C(O)COC(=O)N(C1CC1)[C@H]1c2ccccc2N(C(=O)c2ccc(F)cc2)[C@H]2CC[C@H]21. The van der Waals surface area contributed by atoms with Crippen molar-refractivity contribution in [1.82, 2.24) is 4.90 Å². The topological polar surface area (TPSA) is 87.2 Å². The maximum Gasteiger partial charge on any atom is 0.411 e. The largest absolute Gasteiger partial charge is 0.479 e. The molecule has 0 aromatic heterocycles. The second-order valence-corrected chi connectivity index (χ2v) is 8.58. The highest BCUT2D eigenvalue weighted by molar-refractivity contribution is 6.07. The second-order valence-electron chi connectivity index (χ2n) is 8.58. The van der Waals surface area contributed by atoms with Crippen molar-refractivity contribution in [3.05, 3.63) is 65.5 Å². The summed E-state index contributed by atoms with van der Waals surface area (Å²) in [7, 11) is 0. The van der Waals surface area contributed by atoms with Gasteiger partial charge < -0.3 is 14.7 Å². The van der Waals surface area contributed by atoms with Crippen molar-refractivity contribution < 1.29 is 28.6 Å². The number of hydrogen-bond donors (Lipinski definition) is 1.